The van der Waals surface area contributed by atoms with Gasteiger partial charge in [-0.15, -0.1) is 0 Å². The van der Waals surface area contributed by atoms with Gasteiger partial charge in [0.25, 0.3) is 0 Å². The van der Waals surface area contributed by atoms with Gasteiger partial charge in [0, 0.05) is 22.9 Å². The first kappa shape index (κ1) is 24.2. The van der Waals surface area contributed by atoms with E-state index < -0.39 is 26.7 Å². The molecule has 2 saturated carbocycles. The average Bonchev–Trinajstić information content (AvgIpc) is 2.90. The highest BCUT2D eigenvalue weighted by Gasteiger charge is 2.68. The molecule has 0 spiro atoms. The van der Waals surface area contributed by atoms with E-state index in [4.69, 9.17) is 0 Å². The predicted molar refractivity (Wildman–Crippen MR) is 115 cm³/mol. The van der Waals surface area contributed by atoms with E-state index in [2.05, 4.69) is 28.2 Å². The molecule has 1 heterocycles. The lowest BCUT2D eigenvalue weighted by molar-refractivity contribution is -0.127. The van der Waals surface area contributed by atoms with Gasteiger partial charge in [-0.2, -0.15) is 0 Å². The summed E-state index contributed by atoms with van der Waals surface area (Å²) in [6.07, 6.45) is 3.58. The molecule has 0 aromatic heterocycles. The summed E-state index contributed by atoms with van der Waals surface area (Å²) in [5, 5.41) is 3.32. The van der Waals surface area contributed by atoms with Gasteiger partial charge in [0.1, 0.15) is 5.82 Å². The Morgan fingerprint density at radius 2 is 1.97 bits per heavy atom. The average molecular weight is 493 g/mol. The molecule has 6 nitrogen and oxygen atoms in total. The van der Waals surface area contributed by atoms with Crippen LogP contribution in [0.3, 0.4) is 0 Å². The lowest BCUT2D eigenvalue weighted by atomic mass is 9.70. The van der Waals surface area contributed by atoms with Crippen LogP contribution in [0.4, 0.5) is 10.1 Å². The zero-order chi connectivity index (χ0) is 20.9. The monoisotopic (exact) mass is 492 g/mol. The van der Waals surface area contributed by atoms with Crippen LogP contribution >= 0.6 is 15.9 Å². The number of halogens is 2. The maximum atomic E-state index is 12.8. The molecule has 0 saturated heterocycles. The first-order valence-electron chi connectivity index (χ1n) is 9.54. The quantitative estimate of drug-likeness (QED) is 0.471. The molecule has 0 amide bonds. The minimum atomic E-state index is -4.30. The van der Waals surface area contributed by atoms with Gasteiger partial charge in [-0.25, -0.2) is 12.8 Å². The summed E-state index contributed by atoms with van der Waals surface area (Å²) in [6, 6.07) is 5.46. The molecule has 9 heteroatoms. The lowest BCUT2D eigenvalue weighted by Crippen LogP contribution is -2.40. The van der Waals surface area contributed by atoms with Crippen LogP contribution in [0.25, 0.3) is 0 Å². The van der Waals surface area contributed by atoms with E-state index in [1.165, 1.54) is 6.07 Å². The van der Waals surface area contributed by atoms with Crippen LogP contribution in [-0.4, -0.2) is 35.4 Å². The van der Waals surface area contributed by atoms with Crippen LogP contribution in [0.5, 0.6) is 0 Å². The molecule has 1 aliphatic heterocycles. The van der Waals surface area contributed by atoms with Crippen molar-refractivity contribution in [1.29, 1.82) is 0 Å². The molecule has 5 N–H and O–H groups in total. The Balaban J connectivity index is 0.000000207. The molecule has 5 atom stereocenters. The molecule has 29 heavy (non-hydrogen) atoms. The highest BCUT2D eigenvalue weighted by Crippen LogP contribution is 2.65. The molecule has 0 unspecified atom stereocenters. The van der Waals surface area contributed by atoms with Gasteiger partial charge in [0.15, 0.2) is 5.78 Å². The second kappa shape index (κ2) is 8.24. The molecule has 164 valence electrons. The van der Waals surface area contributed by atoms with Gasteiger partial charge < -0.3 is 16.0 Å². The van der Waals surface area contributed by atoms with Crippen molar-refractivity contribution in [3.63, 3.8) is 0 Å². The van der Waals surface area contributed by atoms with Crippen molar-refractivity contribution in [1.82, 2.24) is 6.15 Å². The maximum absolute atomic E-state index is 12.8. The van der Waals surface area contributed by atoms with Crippen molar-refractivity contribution >= 4 is 37.5 Å². The van der Waals surface area contributed by atoms with Gasteiger partial charge >= 0.3 is 0 Å². The van der Waals surface area contributed by atoms with Crippen molar-refractivity contribution < 1.29 is 22.2 Å². The van der Waals surface area contributed by atoms with Crippen LogP contribution in [0, 0.1) is 22.6 Å². The summed E-state index contributed by atoms with van der Waals surface area (Å²) in [5.74, 6) is -0.552. The number of hydrogen-bond donors (Lipinski definition) is 2. The predicted octanol–water partition coefficient (Wildman–Crippen LogP) is 4.25. The van der Waals surface area contributed by atoms with Gasteiger partial charge in [-0.1, -0.05) is 29.8 Å². The number of benzene rings is 1. The van der Waals surface area contributed by atoms with Crippen LogP contribution in [0.2, 0.25) is 0 Å². The molecule has 4 rings (SSSR count). The zero-order valence-electron chi connectivity index (χ0n) is 17.3. The normalized spacial score (nSPS) is 35.1. The fourth-order valence-electron chi connectivity index (χ4n) is 5.07. The van der Waals surface area contributed by atoms with Gasteiger partial charge in [0.2, 0.25) is 0 Å². The van der Waals surface area contributed by atoms with Crippen molar-refractivity contribution in [2.75, 3.05) is 11.1 Å². The number of carbonyl (C=O) groups is 1. The fourth-order valence-corrected chi connectivity index (χ4v) is 7.69. The summed E-state index contributed by atoms with van der Waals surface area (Å²) in [7, 11) is -4.30. The van der Waals surface area contributed by atoms with Crippen LogP contribution in [0.1, 0.15) is 45.6 Å². The van der Waals surface area contributed by atoms with Crippen molar-refractivity contribution in [2.45, 2.75) is 57.3 Å². The van der Waals surface area contributed by atoms with Crippen molar-refractivity contribution in [2.24, 2.45) is 16.7 Å². The topological polar surface area (TPSA) is 123 Å². The van der Waals surface area contributed by atoms with E-state index in [0.717, 1.165) is 30.5 Å². The number of Topliss-reactive ketones (excluding diaryl/α,β-unsaturated/α-hetero) is 1. The number of quaternary nitrogens is 1. The van der Waals surface area contributed by atoms with Crippen LogP contribution < -0.4 is 11.5 Å². The number of anilines is 1. The number of nitrogens with one attached hydrogen (secondary N) is 1. The Hall–Kier alpha value is -1.03. The number of hydrogen-bond acceptors (Lipinski definition) is 5. The summed E-state index contributed by atoms with van der Waals surface area (Å²) in [6.45, 7) is 5.70. The second-order valence-electron chi connectivity index (χ2n) is 8.75. The molecule has 2 bridgehead atoms. The second-order valence-corrected chi connectivity index (χ2v) is 11.1. The third kappa shape index (κ3) is 4.38. The van der Waals surface area contributed by atoms with E-state index in [1.54, 1.807) is 19.9 Å². The maximum Gasteiger partial charge on any atom is 0.153 e. The van der Waals surface area contributed by atoms with E-state index in [0.29, 0.717) is 12.5 Å². The summed E-state index contributed by atoms with van der Waals surface area (Å²) >= 11 is 3.33. The van der Waals surface area contributed by atoms with E-state index in [9.17, 15) is 22.2 Å². The van der Waals surface area contributed by atoms with E-state index in [1.807, 2.05) is 6.07 Å². The Kier molecular flexibility index (Phi) is 6.89. The number of carbonyl (C=O) groups excluding carboxylic acids is 1. The smallest absolute Gasteiger partial charge is 0.153 e. The van der Waals surface area contributed by atoms with Gasteiger partial charge in [-0.3, -0.25) is 4.79 Å². The SMILES string of the molecule is C[C@H]1CCc2cc(F)ccc2N1.C[C@]12CC[C@H]([C@H](Br)C1=O)[C@]2(C)CS(=O)(=O)[O-].[NH4+]. The molecule has 1 aromatic rings. The third-order valence-electron chi connectivity index (χ3n) is 6.97. The number of alkyl halides is 1. The number of fused-ring (bicyclic) bond motifs is 3. The summed E-state index contributed by atoms with van der Waals surface area (Å²) in [4.78, 5) is 11.8. The summed E-state index contributed by atoms with van der Waals surface area (Å²) < 4.78 is 45.7. The number of aryl methyl sites for hydroxylation is 1. The Morgan fingerprint density at radius 1 is 1.31 bits per heavy atom. The zero-order valence-corrected chi connectivity index (χ0v) is 19.7. The molecule has 0 radical (unpaired) electrons. The molecule has 2 aliphatic carbocycles. The minimum Gasteiger partial charge on any atom is -0.748 e. The Bertz CT molecular complexity index is 896. The van der Waals surface area contributed by atoms with Crippen LogP contribution in [-0.2, 0) is 21.3 Å². The first-order valence-corrected chi connectivity index (χ1v) is 12.0. The Morgan fingerprint density at radius 3 is 2.52 bits per heavy atom. The number of rotatable bonds is 2. The van der Waals surface area contributed by atoms with Crippen molar-refractivity contribution in [3.8, 4) is 0 Å². The highest BCUT2D eigenvalue weighted by atomic mass is 79.9. The van der Waals surface area contributed by atoms with Gasteiger partial charge in [0.05, 0.1) is 14.9 Å². The summed E-state index contributed by atoms with van der Waals surface area (Å²) in [5.41, 5.74) is 0.825. The standard InChI is InChI=1S/C10H15BrO4S.C10H12FN.H3N/c1-9-4-3-6(7(11)8(9)12)10(9,2)5-16(13,14)15;1-7-2-3-8-6-9(11)4-5-10(8)12-7;/h6-7H,3-5H2,1-2H3,(H,13,14,15);4-7,12H,2-3H2,1H3;1H3/t6-,7+,9+,10+;7-;/m10./s1. The lowest BCUT2D eigenvalue weighted by Gasteiger charge is -2.37. The molecule has 2 fully saturated rings. The first-order chi connectivity index (χ1) is 12.9. The fraction of sp³-hybridized carbons (Fsp3) is 0.650. The molecular weight excluding hydrogens is 463 g/mol. The molecule has 1 aromatic carbocycles. The largest absolute Gasteiger partial charge is 0.748 e. The molecular formula is C20H30BrFN2O4S. The minimum absolute atomic E-state index is 0. The Labute approximate surface area is 180 Å². The highest BCUT2D eigenvalue weighted by molar-refractivity contribution is 9.10. The number of ketones is 1. The van der Waals surface area contributed by atoms with Crippen molar-refractivity contribution in [3.05, 3.63) is 29.6 Å². The van der Waals surface area contributed by atoms with E-state index >= 15 is 0 Å². The van der Waals surface area contributed by atoms with Gasteiger partial charge in [-0.05, 0) is 67.7 Å². The van der Waals surface area contributed by atoms with E-state index in [-0.39, 0.29) is 28.5 Å². The third-order valence-corrected chi connectivity index (χ3v) is 8.98. The molecule has 3 aliphatic rings. The van der Waals surface area contributed by atoms with Crippen LogP contribution in [0.15, 0.2) is 18.2 Å².